The van der Waals surface area contributed by atoms with Gasteiger partial charge in [0.15, 0.2) is 5.76 Å². The average Bonchev–Trinajstić information content (AvgIpc) is 3.16. The van der Waals surface area contributed by atoms with E-state index in [9.17, 15) is 22.0 Å². The lowest BCUT2D eigenvalue weighted by Crippen LogP contribution is -2.31. The van der Waals surface area contributed by atoms with Gasteiger partial charge in [0.25, 0.3) is 15.9 Å². The van der Waals surface area contributed by atoms with Crippen molar-refractivity contribution in [1.82, 2.24) is 4.72 Å². The second kappa shape index (κ2) is 8.51. The Labute approximate surface area is 203 Å². The maximum Gasteiger partial charge on any atom is 0.300 e. The van der Waals surface area contributed by atoms with E-state index < -0.39 is 33.2 Å². The first-order valence-electron chi connectivity index (χ1n) is 11.1. The summed E-state index contributed by atoms with van der Waals surface area (Å²) in [6, 6.07) is 11.3. The van der Waals surface area contributed by atoms with Gasteiger partial charge in [0.2, 0.25) is 0 Å². The van der Waals surface area contributed by atoms with Crippen LogP contribution in [0, 0.1) is 5.92 Å². The van der Waals surface area contributed by atoms with Gasteiger partial charge in [-0.25, -0.2) is 21.9 Å². The van der Waals surface area contributed by atoms with Crippen LogP contribution in [0.4, 0.5) is 14.5 Å². The van der Waals surface area contributed by atoms with Crippen LogP contribution in [0.15, 0.2) is 51.8 Å². The Hall–Kier alpha value is -3.14. The van der Waals surface area contributed by atoms with Crippen molar-refractivity contribution in [1.29, 1.82) is 0 Å². The molecule has 1 N–H and O–H groups in total. The number of halogens is 2. The molecule has 7 nitrogen and oxygen atoms in total. The Morgan fingerprint density at radius 3 is 2.46 bits per heavy atom. The Bertz CT molecular complexity index is 1390. The first kappa shape index (κ1) is 25.0. The molecule has 1 heterocycles. The maximum atomic E-state index is 13.3. The molecule has 1 atom stereocenters. The Kier molecular flexibility index (Phi) is 6.07. The first-order valence-corrected chi connectivity index (χ1v) is 12.6. The molecule has 1 saturated carbocycles. The minimum atomic E-state index is -4.42. The predicted octanol–water partition coefficient (Wildman–Crippen LogP) is 4.95. The summed E-state index contributed by atoms with van der Waals surface area (Å²) >= 11 is 0. The molecule has 1 unspecified atom stereocenters. The Morgan fingerprint density at radius 1 is 1.17 bits per heavy atom. The number of rotatable bonds is 7. The van der Waals surface area contributed by atoms with Gasteiger partial charge in [-0.2, -0.15) is 0 Å². The molecule has 10 heteroatoms. The molecule has 1 aliphatic rings. The van der Waals surface area contributed by atoms with Gasteiger partial charge >= 0.3 is 5.91 Å². The molecular weight excluding hydrogens is 478 g/mol. The van der Waals surface area contributed by atoms with Crippen molar-refractivity contribution in [2.75, 3.05) is 25.6 Å². The van der Waals surface area contributed by atoms with Crippen LogP contribution in [0.2, 0.25) is 0 Å². The molecule has 0 spiro atoms. The second-order valence-electron chi connectivity index (χ2n) is 10.0. The number of nitrogens with zero attached hydrogens (tertiary/aromatic N) is 1. The number of alkyl halides is 2. The zero-order valence-electron chi connectivity index (χ0n) is 20.2. The fourth-order valence-corrected chi connectivity index (χ4v) is 4.71. The molecule has 0 saturated heterocycles. The third kappa shape index (κ3) is 5.27. The van der Waals surface area contributed by atoms with Crippen LogP contribution in [0.25, 0.3) is 11.0 Å². The van der Waals surface area contributed by atoms with E-state index in [0.29, 0.717) is 16.5 Å². The van der Waals surface area contributed by atoms with Crippen molar-refractivity contribution in [3.63, 3.8) is 0 Å². The standard InChI is InChI=1S/C25H28F2N2O5S/c1-24(2,3)16-7-9-19(33-14-17-13-25(17,26)27)22(11-16)35(31,32)28-23(30)21-10-15-6-8-18(29(4)5)12-20(15)34-21/h6-12,17H,13-14H2,1-5H3,(H,28,30). The Balaban J connectivity index is 1.63. The van der Waals surface area contributed by atoms with Gasteiger partial charge < -0.3 is 14.1 Å². The summed E-state index contributed by atoms with van der Waals surface area (Å²) in [5.41, 5.74) is 1.56. The van der Waals surface area contributed by atoms with E-state index in [0.717, 1.165) is 5.69 Å². The minimum Gasteiger partial charge on any atom is -0.492 e. The summed E-state index contributed by atoms with van der Waals surface area (Å²) in [4.78, 5) is 14.4. The van der Waals surface area contributed by atoms with Gasteiger partial charge in [0.1, 0.15) is 16.2 Å². The predicted molar refractivity (Wildman–Crippen MR) is 129 cm³/mol. The highest BCUT2D eigenvalue weighted by Gasteiger charge is 2.57. The number of hydrogen-bond acceptors (Lipinski definition) is 6. The molecule has 1 aliphatic carbocycles. The number of fused-ring (bicyclic) bond motifs is 1. The number of carbonyl (C=O) groups is 1. The highest BCUT2D eigenvalue weighted by Crippen LogP contribution is 2.48. The largest absolute Gasteiger partial charge is 0.492 e. The lowest BCUT2D eigenvalue weighted by Gasteiger charge is -2.21. The summed E-state index contributed by atoms with van der Waals surface area (Å²) in [5.74, 6) is -4.98. The highest BCUT2D eigenvalue weighted by molar-refractivity contribution is 7.90. The summed E-state index contributed by atoms with van der Waals surface area (Å²) < 4.78 is 66.2. The molecule has 1 amide bonds. The Morgan fingerprint density at radius 2 is 1.86 bits per heavy atom. The molecule has 2 aromatic carbocycles. The molecule has 188 valence electrons. The number of amides is 1. The lowest BCUT2D eigenvalue weighted by molar-refractivity contribution is 0.0852. The molecule has 35 heavy (non-hydrogen) atoms. The van der Waals surface area contributed by atoms with Gasteiger partial charge in [-0.3, -0.25) is 4.79 Å². The molecule has 3 aromatic rings. The summed E-state index contributed by atoms with van der Waals surface area (Å²) in [7, 11) is -0.694. The van der Waals surface area contributed by atoms with Crippen molar-refractivity contribution in [2.24, 2.45) is 5.92 Å². The third-order valence-corrected chi connectivity index (χ3v) is 7.32. The number of anilines is 1. The van der Waals surface area contributed by atoms with Crippen molar-refractivity contribution in [3.8, 4) is 5.75 Å². The number of ether oxygens (including phenoxy) is 1. The fraction of sp³-hybridized carbons (Fsp3) is 0.400. The molecule has 4 rings (SSSR count). The topological polar surface area (TPSA) is 88.9 Å². The number of carbonyl (C=O) groups excluding carboxylic acids is 1. The van der Waals surface area contributed by atoms with E-state index >= 15 is 0 Å². The maximum absolute atomic E-state index is 13.3. The van der Waals surface area contributed by atoms with E-state index in [-0.39, 0.29) is 29.4 Å². The van der Waals surface area contributed by atoms with Gasteiger partial charge in [0.05, 0.1) is 12.5 Å². The fourth-order valence-electron chi connectivity index (χ4n) is 3.58. The third-order valence-electron chi connectivity index (χ3n) is 5.97. The monoisotopic (exact) mass is 506 g/mol. The van der Waals surface area contributed by atoms with Crippen molar-refractivity contribution < 1.29 is 31.1 Å². The van der Waals surface area contributed by atoms with Crippen LogP contribution < -0.4 is 14.4 Å². The minimum absolute atomic E-state index is 0.0961. The zero-order chi connectivity index (χ0) is 25.8. The van der Waals surface area contributed by atoms with E-state index in [1.54, 1.807) is 18.2 Å². The quantitative estimate of drug-likeness (QED) is 0.488. The molecular formula is C25H28F2N2O5S. The lowest BCUT2D eigenvalue weighted by atomic mass is 9.87. The molecule has 1 aromatic heterocycles. The first-order chi connectivity index (χ1) is 16.2. The van der Waals surface area contributed by atoms with E-state index in [2.05, 4.69) is 0 Å². The number of benzene rings is 2. The smallest absolute Gasteiger partial charge is 0.300 e. The number of sulfonamides is 1. The molecule has 0 aliphatic heterocycles. The summed E-state index contributed by atoms with van der Waals surface area (Å²) in [6.45, 7) is 5.38. The number of hydrogen-bond donors (Lipinski definition) is 1. The second-order valence-corrected chi connectivity index (χ2v) is 11.7. The average molecular weight is 507 g/mol. The van der Waals surface area contributed by atoms with Crippen molar-refractivity contribution in [3.05, 3.63) is 53.8 Å². The van der Waals surface area contributed by atoms with E-state index in [4.69, 9.17) is 9.15 Å². The van der Waals surface area contributed by atoms with Crippen LogP contribution >= 0.6 is 0 Å². The van der Waals surface area contributed by atoms with Crippen LogP contribution in [0.1, 0.15) is 43.3 Å². The van der Waals surface area contributed by atoms with Crippen molar-refractivity contribution >= 4 is 32.6 Å². The van der Waals surface area contributed by atoms with Crippen LogP contribution in [-0.2, 0) is 15.4 Å². The van der Waals surface area contributed by atoms with Crippen LogP contribution in [0.5, 0.6) is 5.75 Å². The number of nitrogens with one attached hydrogen (secondary N) is 1. The SMILES string of the molecule is CN(C)c1ccc2cc(C(=O)NS(=O)(=O)c3cc(C(C)(C)C)ccc3OCC3CC3(F)F)oc2c1. The van der Waals surface area contributed by atoms with Gasteiger partial charge in [-0.1, -0.05) is 26.8 Å². The molecule has 0 radical (unpaired) electrons. The van der Waals surface area contributed by atoms with Gasteiger partial charge in [-0.15, -0.1) is 0 Å². The van der Waals surface area contributed by atoms with Gasteiger partial charge in [-0.05, 0) is 41.3 Å². The van der Waals surface area contributed by atoms with Crippen LogP contribution in [0.3, 0.4) is 0 Å². The van der Waals surface area contributed by atoms with Gasteiger partial charge in [0, 0.05) is 37.7 Å². The van der Waals surface area contributed by atoms with Crippen LogP contribution in [-0.4, -0.2) is 40.9 Å². The number of furan rings is 1. The summed E-state index contributed by atoms with van der Waals surface area (Å²) in [5, 5.41) is 0.641. The van der Waals surface area contributed by atoms with Crippen molar-refractivity contribution in [2.45, 2.75) is 43.4 Å². The molecule has 1 fully saturated rings. The highest BCUT2D eigenvalue weighted by atomic mass is 32.2. The van der Waals surface area contributed by atoms with E-state index in [1.807, 2.05) is 50.6 Å². The summed E-state index contributed by atoms with van der Waals surface area (Å²) in [6.07, 6.45) is -0.298. The molecule has 0 bridgehead atoms. The normalized spacial score (nSPS) is 17.3. The van der Waals surface area contributed by atoms with E-state index in [1.165, 1.54) is 18.2 Å². The zero-order valence-corrected chi connectivity index (χ0v) is 21.0.